The number of nitrogens with one attached hydrogen (secondary N) is 1. The Morgan fingerprint density at radius 1 is 1.08 bits per heavy atom. The van der Waals surface area contributed by atoms with Crippen LogP contribution in [0.3, 0.4) is 0 Å². The SMILES string of the molecule is Oc1ccc(N2CCN(C(=S)Nc3ccc(Cl)c(F)c3)CC2)cc1. The second-order valence-corrected chi connectivity index (χ2v) is 6.34. The largest absolute Gasteiger partial charge is 0.508 e. The second-order valence-electron chi connectivity index (χ2n) is 5.55. The third-order valence-electron chi connectivity index (χ3n) is 3.95. The lowest BCUT2D eigenvalue weighted by molar-refractivity contribution is 0.391. The van der Waals surface area contributed by atoms with Crippen molar-refractivity contribution in [1.29, 1.82) is 0 Å². The van der Waals surface area contributed by atoms with Crippen LogP contribution in [0.15, 0.2) is 42.5 Å². The number of aromatic hydroxyl groups is 1. The summed E-state index contributed by atoms with van der Waals surface area (Å²) in [6.07, 6.45) is 0. The van der Waals surface area contributed by atoms with Gasteiger partial charge in [-0.3, -0.25) is 0 Å². The van der Waals surface area contributed by atoms with E-state index in [1.165, 1.54) is 12.1 Å². The number of halogens is 2. The standard InChI is InChI=1S/C17H17ClFN3OS/c18-15-6-1-12(11-16(15)19)20-17(24)22-9-7-21(8-10-22)13-2-4-14(23)5-3-13/h1-6,11,23H,7-10H2,(H,20,24). The third kappa shape index (κ3) is 3.88. The van der Waals surface area contributed by atoms with E-state index in [-0.39, 0.29) is 10.8 Å². The van der Waals surface area contributed by atoms with Crippen LogP contribution in [0.5, 0.6) is 5.75 Å². The van der Waals surface area contributed by atoms with Crippen LogP contribution < -0.4 is 10.2 Å². The van der Waals surface area contributed by atoms with Gasteiger partial charge in [-0.2, -0.15) is 0 Å². The van der Waals surface area contributed by atoms with Gasteiger partial charge in [0, 0.05) is 37.6 Å². The first-order valence-corrected chi connectivity index (χ1v) is 8.36. The highest BCUT2D eigenvalue weighted by atomic mass is 35.5. The highest BCUT2D eigenvalue weighted by molar-refractivity contribution is 7.80. The summed E-state index contributed by atoms with van der Waals surface area (Å²) in [6.45, 7) is 3.18. The molecule has 2 aromatic carbocycles. The van der Waals surface area contributed by atoms with Gasteiger partial charge in [0.15, 0.2) is 5.11 Å². The van der Waals surface area contributed by atoms with E-state index >= 15 is 0 Å². The number of anilines is 2. The van der Waals surface area contributed by atoms with E-state index in [0.717, 1.165) is 31.9 Å². The molecule has 1 heterocycles. The van der Waals surface area contributed by atoms with Crippen LogP contribution >= 0.6 is 23.8 Å². The minimum Gasteiger partial charge on any atom is -0.508 e. The fourth-order valence-corrected chi connectivity index (χ4v) is 3.03. The molecule has 0 aromatic heterocycles. The highest BCUT2D eigenvalue weighted by Gasteiger charge is 2.19. The van der Waals surface area contributed by atoms with Crippen LogP contribution in [0.1, 0.15) is 0 Å². The maximum Gasteiger partial charge on any atom is 0.173 e. The fourth-order valence-electron chi connectivity index (χ4n) is 2.61. The smallest absolute Gasteiger partial charge is 0.173 e. The maximum absolute atomic E-state index is 13.5. The topological polar surface area (TPSA) is 38.7 Å². The quantitative estimate of drug-likeness (QED) is 0.794. The summed E-state index contributed by atoms with van der Waals surface area (Å²) in [5.41, 5.74) is 1.66. The number of piperazine rings is 1. The second kappa shape index (κ2) is 7.23. The molecule has 0 amide bonds. The zero-order chi connectivity index (χ0) is 17.1. The molecule has 4 nitrogen and oxygen atoms in total. The Bertz CT molecular complexity index is 733. The van der Waals surface area contributed by atoms with Gasteiger partial charge in [-0.25, -0.2) is 4.39 Å². The minimum atomic E-state index is -0.471. The number of nitrogens with zero attached hydrogens (tertiary/aromatic N) is 2. The molecule has 1 aliphatic rings. The van der Waals surface area contributed by atoms with Gasteiger partial charge in [0.1, 0.15) is 11.6 Å². The molecule has 7 heteroatoms. The van der Waals surface area contributed by atoms with Gasteiger partial charge in [-0.15, -0.1) is 0 Å². The van der Waals surface area contributed by atoms with Crippen LogP contribution in [0, 0.1) is 5.82 Å². The van der Waals surface area contributed by atoms with Crippen LogP contribution in [0.2, 0.25) is 5.02 Å². The Morgan fingerprint density at radius 2 is 1.75 bits per heavy atom. The first-order valence-electron chi connectivity index (χ1n) is 7.58. The molecule has 0 bridgehead atoms. The molecule has 3 rings (SSSR count). The molecular weight excluding hydrogens is 349 g/mol. The molecule has 0 atom stereocenters. The Labute approximate surface area is 150 Å². The zero-order valence-electron chi connectivity index (χ0n) is 12.9. The summed E-state index contributed by atoms with van der Waals surface area (Å²) in [7, 11) is 0. The van der Waals surface area contributed by atoms with Gasteiger partial charge >= 0.3 is 0 Å². The van der Waals surface area contributed by atoms with Crippen molar-refractivity contribution in [3.8, 4) is 5.75 Å². The predicted octanol–water partition coefficient (Wildman–Crippen LogP) is 3.70. The summed E-state index contributed by atoms with van der Waals surface area (Å²) in [6, 6.07) is 11.7. The van der Waals surface area contributed by atoms with Gasteiger partial charge in [0.25, 0.3) is 0 Å². The van der Waals surface area contributed by atoms with Crippen LogP contribution in [0.25, 0.3) is 0 Å². The van der Waals surface area contributed by atoms with Crippen molar-refractivity contribution in [2.75, 3.05) is 36.4 Å². The number of hydrogen-bond acceptors (Lipinski definition) is 3. The van der Waals surface area contributed by atoms with E-state index in [2.05, 4.69) is 15.1 Å². The molecule has 1 saturated heterocycles. The lowest BCUT2D eigenvalue weighted by Crippen LogP contribution is -2.50. The van der Waals surface area contributed by atoms with Gasteiger partial charge < -0.3 is 20.2 Å². The average Bonchev–Trinajstić information content (AvgIpc) is 2.59. The molecule has 1 fully saturated rings. The number of benzene rings is 2. The normalized spacial score (nSPS) is 14.6. The number of phenols is 1. The van der Waals surface area contributed by atoms with Crippen LogP contribution in [-0.2, 0) is 0 Å². The average molecular weight is 366 g/mol. The molecule has 0 saturated carbocycles. The summed E-state index contributed by atoms with van der Waals surface area (Å²) in [4.78, 5) is 4.29. The van der Waals surface area contributed by atoms with E-state index in [9.17, 15) is 9.50 Å². The molecule has 0 unspecified atom stereocenters. The van der Waals surface area contributed by atoms with Crippen molar-refractivity contribution in [1.82, 2.24) is 4.90 Å². The lowest BCUT2D eigenvalue weighted by atomic mass is 10.2. The van der Waals surface area contributed by atoms with E-state index in [1.54, 1.807) is 18.2 Å². The lowest BCUT2D eigenvalue weighted by Gasteiger charge is -2.37. The number of rotatable bonds is 2. The van der Waals surface area contributed by atoms with Crippen LogP contribution in [0.4, 0.5) is 15.8 Å². The fraction of sp³-hybridized carbons (Fsp3) is 0.235. The molecule has 126 valence electrons. The van der Waals surface area contributed by atoms with E-state index in [1.807, 2.05) is 12.1 Å². The van der Waals surface area contributed by atoms with Crippen molar-refractivity contribution in [2.24, 2.45) is 0 Å². The monoisotopic (exact) mass is 365 g/mol. The summed E-state index contributed by atoms with van der Waals surface area (Å²) in [5, 5.41) is 13.1. The van der Waals surface area contributed by atoms with Crippen molar-refractivity contribution < 1.29 is 9.50 Å². The molecule has 1 aliphatic heterocycles. The number of thiocarbonyl (C=S) groups is 1. The molecule has 2 N–H and O–H groups in total. The van der Waals surface area contributed by atoms with Crippen LogP contribution in [-0.4, -0.2) is 41.3 Å². The Kier molecular flexibility index (Phi) is 5.06. The van der Waals surface area contributed by atoms with Gasteiger partial charge in [-0.1, -0.05) is 11.6 Å². The predicted molar refractivity (Wildman–Crippen MR) is 99.5 cm³/mol. The molecule has 24 heavy (non-hydrogen) atoms. The molecule has 0 spiro atoms. The van der Waals surface area contributed by atoms with Crippen molar-refractivity contribution in [3.05, 3.63) is 53.3 Å². The Hall–Kier alpha value is -2.05. The molecule has 0 aliphatic carbocycles. The van der Waals surface area contributed by atoms with E-state index < -0.39 is 5.82 Å². The van der Waals surface area contributed by atoms with Gasteiger partial charge in [0.05, 0.1) is 5.02 Å². The van der Waals surface area contributed by atoms with E-state index in [4.69, 9.17) is 23.8 Å². The summed E-state index contributed by atoms with van der Waals surface area (Å²) < 4.78 is 13.5. The minimum absolute atomic E-state index is 0.0916. The number of hydrogen-bond donors (Lipinski definition) is 2. The highest BCUT2D eigenvalue weighted by Crippen LogP contribution is 2.21. The van der Waals surface area contributed by atoms with E-state index in [0.29, 0.717) is 10.8 Å². The van der Waals surface area contributed by atoms with Crippen molar-refractivity contribution >= 4 is 40.3 Å². The van der Waals surface area contributed by atoms with Crippen molar-refractivity contribution in [3.63, 3.8) is 0 Å². The van der Waals surface area contributed by atoms with Gasteiger partial charge in [-0.05, 0) is 54.7 Å². The molecule has 2 aromatic rings. The number of phenolic OH excluding ortho intramolecular Hbond substituents is 1. The Morgan fingerprint density at radius 3 is 2.38 bits per heavy atom. The first kappa shape index (κ1) is 16.8. The molecular formula is C17H17ClFN3OS. The summed E-state index contributed by atoms with van der Waals surface area (Å²) in [5.74, 6) is -0.209. The third-order valence-corrected chi connectivity index (χ3v) is 4.62. The zero-order valence-corrected chi connectivity index (χ0v) is 14.4. The Balaban J connectivity index is 1.56. The van der Waals surface area contributed by atoms with Gasteiger partial charge in [0.2, 0.25) is 0 Å². The summed E-state index contributed by atoms with van der Waals surface area (Å²) >= 11 is 11.1. The maximum atomic E-state index is 13.5. The van der Waals surface area contributed by atoms with Crippen molar-refractivity contribution in [2.45, 2.75) is 0 Å². The first-order chi connectivity index (χ1) is 11.5. The molecule has 0 radical (unpaired) electrons.